The van der Waals surface area contributed by atoms with E-state index in [1.54, 1.807) is 0 Å². The summed E-state index contributed by atoms with van der Waals surface area (Å²) in [6.07, 6.45) is 6.83. The van der Waals surface area contributed by atoms with E-state index in [2.05, 4.69) is 10.6 Å². The van der Waals surface area contributed by atoms with Gasteiger partial charge in [-0.2, -0.15) is 0 Å². The van der Waals surface area contributed by atoms with E-state index in [9.17, 15) is 9.90 Å². The molecule has 0 radical (unpaired) electrons. The third kappa shape index (κ3) is 2.41. The molecule has 3 N–H and O–H groups in total. The van der Waals surface area contributed by atoms with E-state index >= 15 is 0 Å². The SMILES string of the molecule is O=C(NC1CCC(O)CC1)C1CC12CCNCC2. The summed E-state index contributed by atoms with van der Waals surface area (Å²) in [5.74, 6) is 0.546. The van der Waals surface area contributed by atoms with Crippen LogP contribution in [0.5, 0.6) is 0 Å². The Hall–Kier alpha value is -0.610. The molecule has 102 valence electrons. The first kappa shape index (κ1) is 12.4. The highest BCUT2D eigenvalue weighted by molar-refractivity contribution is 5.82. The predicted molar refractivity (Wildman–Crippen MR) is 69.0 cm³/mol. The van der Waals surface area contributed by atoms with E-state index < -0.39 is 0 Å². The van der Waals surface area contributed by atoms with Gasteiger partial charge < -0.3 is 15.7 Å². The molecule has 2 saturated carbocycles. The number of aliphatic hydroxyl groups excluding tert-OH is 1. The number of aliphatic hydroxyl groups is 1. The highest BCUT2D eigenvalue weighted by atomic mass is 16.3. The van der Waals surface area contributed by atoms with Gasteiger partial charge in [-0.3, -0.25) is 4.79 Å². The van der Waals surface area contributed by atoms with Gasteiger partial charge in [0, 0.05) is 12.0 Å². The van der Waals surface area contributed by atoms with E-state index in [0.717, 1.165) is 58.0 Å². The second-order valence-corrected chi connectivity index (χ2v) is 6.38. The van der Waals surface area contributed by atoms with E-state index in [0.29, 0.717) is 11.5 Å². The fourth-order valence-corrected chi connectivity index (χ4v) is 3.72. The molecular formula is C14H24N2O2. The average molecular weight is 252 g/mol. The van der Waals surface area contributed by atoms with Crippen molar-refractivity contribution in [2.45, 2.75) is 57.1 Å². The van der Waals surface area contributed by atoms with Crippen molar-refractivity contribution in [1.29, 1.82) is 0 Å². The van der Waals surface area contributed by atoms with Crippen LogP contribution < -0.4 is 10.6 Å². The highest BCUT2D eigenvalue weighted by Gasteiger charge is 2.57. The van der Waals surface area contributed by atoms with Crippen LogP contribution in [0.25, 0.3) is 0 Å². The summed E-state index contributed by atoms with van der Waals surface area (Å²) in [6, 6.07) is 0.306. The maximum atomic E-state index is 12.2. The third-order valence-corrected chi connectivity index (χ3v) is 5.15. The third-order valence-electron chi connectivity index (χ3n) is 5.15. The highest BCUT2D eigenvalue weighted by Crippen LogP contribution is 2.58. The minimum atomic E-state index is -0.144. The standard InChI is InChI=1S/C14H24N2O2/c17-11-3-1-10(2-4-11)16-13(18)12-9-14(12)5-7-15-8-6-14/h10-12,15,17H,1-9H2,(H,16,18). The van der Waals surface area contributed by atoms with Crippen LogP contribution in [0.1, 0.15) is 44.9 Å². The topological polar surface area (TPSA) is 61.4 Å². The first-order valence-corrected chi connectivity index (χ1v) is 7.39. The lowest BCUT2D eigenvalue weighted by Crippen LogP contribution is -2.41. The van der Waals surface area contributed by atoms with Crippen LogP contribution in [0, 0.1) is 11.3 Å². The summed E-state index contributed by atoms with van der Waals surface area (Å²) in [5.41, 5.74) is 0.337. The summed E-state index contributed by atoms with van der Waals surface area (Å²) in [4.78, 5) is 12.2. The zero-order valence-corrected chi connectivity index (χ0v) is 11.0. The van der Waals surface area contributed by atoms with Crippen LogP contribution in [0.15, 0.2) is 0 Å². The van der Waals surface area contributed by atoms with E-state index in [4.69, 9.17) is 0 Å². The first-order chi connectivity index (χ1) is 8.70. The number of amides is 1. The summed E-state index contributed by atoms with van der Waals surface area (Å²) >= 11 is 0. The van der Waals surface area contributed by atoms with Gasteiger partial charge in [0.25, 0.3) is 0 Å². The Morgan fingerprint density at radius 1 is 1.17 bits per heavy atom. The molecule has 1 spiro atoms. The predicted octanol–water partition coefficient (Wildman–Crippen LogP) is 0.796. The molecule has 0 aromatic rings. The molecule has 0 bridgehead atoms. The molecule has 4 nitrogen and oxygen atoms in total. The Morgan fingerprint density at radius 2 is 1.83 bits per heavy atom. The van der Waals surface area contributed by atoms with E-state index in [1.165, 1.54) is 0 Å². The Morgan fingerprint density at radius 3 is 2.50 bits per heavy atom. The van der Waals surface area contributed by atoms with Crippen molar-refractivity contribution in [2.75, 3.05) is 13.1 Å². The molecule has 3 rings (SSSR count). The second-order valence-electron chi connectivity index (χ2n) is 6.38. The lowest BCUT2D eigenvalue weighted by Gasteiger charge is -2.27. The molecule has 3 fully saturated rings. The van der Waals surface area contributed by atoms with Crippen molar-refractivity contribution >= 4 is 5.91 Å². The van der Waals surface area contributed by atoms with Crippen LogP contribution in [0.4, 0.5) is 0 Å². The fourth-order valence-electron chi connectivity index (χ4n) is 3.72. The smallest absolute Gasteiger partial charge is 0.223 e. The number of carbonyl (C=O) groups excluding carboxylic acids is 1. The number of piperidine rings is 1. The lowest BCUT2D eigenvalue weighted by molar-refractivity contribution is -0.124. The monoisotopic (exact) mass is 252 g/mol. The zero-order chi connectivity index (χ0) is 12.6. The number of nitrogens with one attached hydrogen (secondary N) is 2. The van der Waals surface area contributed by atoms with Gasteiger partial charge in [0.05, 0.1) is 6.10 Å². The summed E-state index contributed by atoms with van der Waals surface area (Å²) in [5, 5.41) is 16.0. The number of hydrogen-bond donors (Lipinski definition) is 3. The molecule has 1 unspecified atom stereocenters. The molecule has 1 heterocycles. The van der Waals surface area contributed by atoms with Gasteiger partial charge in [0.2, 0.25) is 5.91 Å². The minimum Gasteiger partial charge on any atom is -0.393 e. The normalized spacial score (nSPS) is 38.4. The molecule has 4 heteroatoms. The van der Waals surface area contributed by atoms with Crippen molar-refractivity contribution in [2.24, 2.45) is 11.3 Å². The Kier molecular flexibility index (Phi) is 3.32. The maximum Gasteiger partial charge on any atom is 0.223 e. The molecule has 3 aliphatic rings. The molecule has 1 atom stereocenters. The van der Waals surface area contributed by atoms with Crippen molar-refractivity contribution in [3.8, 4) is 0 Å². The molecular weight excluding hydrogens is 228 g/mol. The maximum absolute atomic E-state index is 12.2. The van der Waals surface area contributed by atoms with Gasteiger partial charge in [0.1, 0.15) is 0 Å². The van der Waals surface area contributed by atoms with Crippen LogP contribution in [-0.4, -0.2) is 36.2 Å². The van der Waals surface area contributed by atoms with Gasteiger partial charge in [0.15, 0.2) is 0 Å². The van der Waals surface area contributed by atoms with Crippen molar-refractivity contribution < 1.29 is 9.90 Å². The van der Waals surface area contributed by atoms with Crippen LogP contribution in [0.2, 0.25) is 0 Å². The van der Waals surface area contributed by atoms with Gasteiger partial charge >= 0.3 is 0 Å². The fraction of sp³-hybridized carbons (Fsp3) is 0.929. The Bertz CT molecular complexity index is 318. The Balaban J connectivity index is 1.48. The van der Waals surface area contributed by atoms with E-state index in [-0.39, 0.29) is 17.9 Å². The first-order valence-electron chi connectivity index (χ1n) is 7.39. The molecule has 1 amide bonds. The minimum absolute atomic E-state index is 0.144. The summed E-state index contributed by atoms with van der Waals surface area (Å²) < 4.78 is 0. The molecule has 2 aliphatic carbocycles. The van der Waals surface area contributed by atoms with Crippen molar-refractivity contribution in [1.82, 2.24) is 10.6 Å². The second kappa shape index (κ2) is 4.82. The molecule has 18 heavy (non-hydrogen) atoms. The summed E-state index contributed by atoms with van der Waals surface area (Å²) in [7, 11) is 0. The van der Waals surface area contributed by atoms with Crippen LogP contribution in [0.3, 0.4) is 0 Å². The lowest BCUT2D eigenvalue weighted by atomic mass is 9.90. The largest absolute Gasteiger partial charge is 0.393 e. The zero-order valence-electron chi connectivity index (χ0n) is 11.0. The van der Waals surface area contributed by atoms with Crippen LogP contribution >= 0.6 is 0 Å². The molecule has 0 aromatic carbocycles. The van der Waals surface area contributed by atoms with Crippen molar-refractivity contribution in [3.05, 3.63) is 0 Å². The van der Waals surface area contributed by atoms with Gasteiger partial charge in [-0.25, -0.2) is 0 Å². The Labute approximate surface area is 109 Å². The number of carbonyl (C=O) groups is 1. The molecule has 1 aliphatic heterocycles. The molecule has 0 aromatic heterocycles. The number of hydrogen-bond acceptors (Lipinski definition) is 3. The quantitative estimate of drug-likeness (QED) is 0.681. The van der Waals surface area contributed by atoms with Gasteiger partial charge in [-0.05, 0) is 63.5 Å². The average Bonchev–Trinajstić information content (AvgIpc) is 3.07. The van der Waals surface area contributed by atoms with Crippen LogP contribution in [-0.2, 0) is 4.79 Å². The van der Waals surface area contributed by atoms with Gasteiger partial charge in [-0.15, -0.1) is 0 Å². The molecule has 1 saturated heterocycles. The summed E-state index contributed by atoms with van der Waals surface area (Å²) in [6.45, 7) is 2.14. The number of rotatable bonds is 2. The van der Waals surface area contributed by atoms with Gasteiger partial charge in [-0.1, -0.05) is 0 Å². The van der Waals surface area contributed by atoms with E-state index in [1.807, 2.05) is 0 Å². The van der Waals surface area contributed by atoms with Crippen molar-refractivity contribution in [3.63, 3.8) is 0 Å².